The van der Waals surface area contributed by atoms with Crippen molar-refractivity contribution < 1.29 is 14.3 Å². The van der Waals surface area contributed by atoms with Gasteiger partial charge in [-0.1, -0.05) is 12.1 Å². The van der Waals surface area contributed by atoms with E-state index in [-0.39, 0.29) is 5.97 Å². The van der Waals surface area contributed by atoms with Gasteiger partial charge in [-0.15, -0.1) is 0 Å². The number of carbonyl (C=O) groups excluding carboxylic acids is 1. The van der Waals surface area contributed by atoms with Crippen LogP contribution in [0.1, 0.15) is 25.8 Å². The molecule has 19 heavy (non-hydrogen) atoms. The van der Waals surface area contributed by atoms with Crippen molar-refractivity contribution in [2.75, 3.05) is 25.6 Å². The summed E-state index contributed by atoms with van der Waals surface area (Å²) in [6.07, 6.45) is 0.968. The molecule has 1 aromatic rings. The first-order valence-corrected chi connectivity index (χ1v) is 6.61. The molecule has 0 aromatic heterocycles. The van der Waals surface area contributed by atoms with E-state index in [0.29, 0.717) is 24.8 Å². The highest BCUT2D eigenvalue weighted by atomic mass is 16.5. The number of benzene rings is 1. The van der Waals surface area contributed by atoms with Gasteiger partial charge < -0.3 is 15.2 Å². The number of anilines is 1. The lowest BCUT2D eigenvalue weighted by atomic mass is 9.84. The van der Waals surface area contributed by atoms with Gasteiger partial charge in [0.25, 0.3) is 0 Å². The Kier molecular flexibility index (Phi) is 4.10. The van der Waals surface area contributed by atoms with E-state index in [1.54, 1.807) is 12.1 Å². The number of rotatable bonds is 4. The summed E-state index contributed by atoms with van der Waals surface area (Å²) in [5.41, 5.74) is 6.60. The Morgan fingerprint density at radius 3 is 2.68 bits per heavy atom. The van der Waals surface area contributed by atoms with Crippen molar-refractivity contribution in [2.24, 2.45) is 5.92 Å². The summed E-state index contributed by atoms with van der Waals surface area (Å²) in [4.78, 5) is 12.2. The molecule has 2 rings (SSSR count). The monoisotopic (exact) mass is 263 g/mol. The predicted molar refractivity (Wildman–Crippen MR) is 73.8 cm³/mol. The summed E-state index contributed by atoms with van der Waals surface area (Å²) in [7, 11) is 0. The van der Waals surface area contributed by atoms with Crippen LogP contribution in [-0.2, 0) is 19.7 Å². The maximum atomic E-state index is 12.2. The first-order valence-electron chi connectivity index (χ1n) is 6.61. The Morgan fingerprint density at radius 1 is 1.42 bits per heavy atom. The summed E-state index contributed by atoms with van der Waals surface area (Å²) in [6, 6.07) is 7.34. The van der Waals surface area contributed by atoms with Crippen LogP contribution >= 0.6 is 0 Å². The van der Waals surface area contributed by atoms with Gasteiger partial charge in [-0.2, -0.15) is 0 Å². The second kappa shape index (κ2) is 5.61. The van der Waals surface area contributed by atoms with Crippen molar-refractivity contribution in [1.29, 1.82) is 0 Å². The van der Waals surface area contributed by atoms with Gasteiger partial charge in [0.2, 0.25) is 0 Å². The number of nitrogen functional groups attached to an aromatic ring is 1. The number of ether oxygens (including phenoxy) is 2. The van der Waals surface area contributed by atoms with E-state index >= 15 is 0 Å². The number of carbonyl (C=O) groups is 1. The molecule has 4 nitrogen and oxygen atoms in total. The van der Waals surface area contributed by atoms with Crippen LogP contribution in [0, 0.1) is 5.92 Å². The molecule has 1 heterocycles. The van der Waals surface area contributed by atoms with E-state index in [1.165, 1.54) is 0 Å². The van der Waals surface area contributed by atoms with Crippen molar-refractivity contribution in [3.05, 3.63) is 29.8 Å². The van der Waals surface area contributed by atoms with Crippen LogP contribution < -0.4 is 5.73 Å². The normalized spacial score (nSPS) is 19.4. The SMILES string of the molecule is CC(C)(C(=O)OCC1CCOC1)c1ccc(N)cc1. The van der Waals surface area contributed by atoms with Crippen LogP contribution in [0.15, 0.2) is 24.3 Å². The quantitative estimate of drug-likeness (QED) is 0.667. The summed E-state index contributed by atoms with van der Waals surface area (Å²) >= 11 is 0. The molecule has 0 spiro atoms. The topological polar surface area (TPSA) is 61.5 Å². The van der Waals surface area contributed by atoms with Gasteiger partial charge in [0.1, 0.15) is 0 Å². The predicted octanol–water partition coefficient (Wildman–Crippen LogP) is 2.13. The second-order valence-corrected chi connectivity index (χ2v) is 5.58. The van der Waals surface area contributed by atoms with Crippen molar-refractivity contribution in [1.82, 2.24) is 0 Å². The van der Waals surface area contributed by atoms with Gasteiger partial charge in [-0.3, -0.25) is 4.79 Å². The molecular formula is C15H21NO3. The van der Waals surface area contributed by atoms with Crippen LogP contribution in [0.3, 0.4) is 0 Å². The molecule has 2 N–H and O–H groups in total. The summed E-state index contributed by atoms with van der Waals surface area (Å²) in [6.45, 7) is 5.63. The zero-order chi connectivity index (χ0) is 13.9. The molecule has 1 aliphatic rings. The first kappa shape index (κ1) is 13.9. The standard InChI is InChI=1S/C15H21NO3/c1-15(2,12-3-5-13(16)6-4-12)14(17)19-10-11-7-8-18-9-11/h3-6,11H,7-10,16H2,1-2H3. The van der Waals surface area contributed by atoms with Gasteiger partial charge in [0.15, 0.2) is 0 Å². The largest absolute Gasteiger partial charge is 0.465 e. The van der Waals surface area contributed by atoms with E-state index in [1.807, 2.05) is 26.0 Å². The molecule has 1 unspecified atom stereocenters. The molecule has 1 atom stereocenters. The second-order valence-electron chi connectivity index (χ2n) is 5.58. The molecule has 0 radical (unpaired) electrons. The summed E-state index contributed by atoms with van der Waals surface area (Å²) in [5, 5.41) is 0. The summed E-state index contributed by atoms with van der Waals surface area (Å²) < 4.78 is 10.7. The van der Waals surface area contributed by atoms with E-state index in [9.17, 15) is 4.79 Å². The molecule has 1 saturated heterocycles. The highest BCUT2D eigenvalue weighted by Crippen LogP contribution is 2.26. The Morgan fingerprint density at radius 2 is 2.11 bits per heavy atom. The molecule has 104 valence electrons. The maximum absolute atomic E-state index is 12.2. The lowest BCUT2D eigenvalue weighted by molar-refractivity contribution is -0.150. The summed E-state index contributed by atoms with van der Waals surface area (Å²) in [5.74, 6) is 0.135. The van der Waals surface area contributed by atoms with Crippen LogP contribution in [0.25, 0.3) is 0 Å². The number of esters is 1. The third kappa shape index (κ3) is 3.26. The van der Waals surface area contributed by atoms with Gasteiger partial charge >= 0.3 is 5.97 Å². The lowest BCUT2D eigenvalue weighted by Crippen LogP contribution is -2.32. The molecule has 1 aromatic carbocycles. The van der Waals surface area contributed by atoms with Crippen LogP contribution in [0.5, 0.6) is 0 Å². The highest BCUT2D eigenvalue weighted by Gasteiger charge is 2.32. The molecule has 1 fully saturated rings. The van der Waals surface area contributed by atoms with Crippen molar-refractivity contribution in [3.8, 4) is 0 Å². The zero-order valence-electron chi connectivity index (χ0n) is 11.5. The van der Waals surface area contributed by atoms with E-state index in [0.717, 1.165) is 18.6 Å². The fraction of sp³-hybridized carbons (Fsp3) is 0.533. The Labute approximate surface area is 113 Å². The van der Waals surface area contributed by atoms with Crippen molar-refractivity contribution in [2.45, 2.75) is 25.7 Å². The fourth-order valence-electron chi connectivity index (χ4n) is 2.11. The minimum atomic E-state index is -0.660. The van der Waals surface area contributed by atoms with E-state index < -0.39 is 5.41 Å². The third-order valence-corrected chi connectivity index (χ3v) is 3.62. The Bertz CT molecular complexity index is 433. The van der Waals surface area contributed by atoms with Gasteiger partial charge in [0.05, 0.1) is 18.6 Å². The molecule has 1 aliphatic heterocycles. The first-order chi connectivity index (χ1) is 9.00. The fourth-order valence-corrected chi connectivity index (χ4v) is 2.11. The molecule has 4 heteroatoms. The molecule has 0 amide bonds. The smallest absolute Gasteiger partial charge is 0.315 e. The Balaban J connectivity index is 1.97. The number of nitrogens with two attached hydrogens (primary N) is 1. The average Bonchev–Trinajstić information content (AvgIpc) is 2.89. The third-order valence-electron chi connectivity index (χ3n) is 3.62. The highest BCUT2D eigenvalue weighted by molar-refractivity contribution is 5.82. The maximum Gasteiger partial charge on any atom is 0.315 e. The Hall–Kier alpha value is -1.55. The molecular weight excluding hydrogens is 242 g/mol. The van der Waals surface area contributed by atoms with Gasteiger partial charge in [0, 0.05) is 18.2 Å². The molecule has 0 aliphatic carbocycles. The number of hydrogen-bond acceptors (Lipinski definition) is 4. The lowest BCUT2D eigenvalue weighted by Gasteiger charge is -2.24. The van der Waals surface area contributed by atoms with Gasteiger partial charge in [-0.05, 0) is 38.0 Å². The van der Waals surface area contributed by atoms with E-state index in [4.69, 9.17) is 15.2 Å². The average molecular weight is 263 g/mol. The molecule has 0 bridgehead atoms. The van der Waals surface area contributed by atoms with Crippen LogP contribution in [-0.4, -0.2) is 25.8 Å². The minimum Gasteiger partial charge on any atom is -0.465 e. The minimum absolute atomic E-state index is 0.204. The van der Waals surface area contributed by atoms with Gasteiger partial charge in [-0.25, -0.2) is 0 Å². The zero-order valence-corrected chi connectivity index (χ0v) is 11.5. The van der Waals surface area contributed by atoms with Crippen molar-refractivity contribution in [3.63, 3.8) is 0 Å². The van der Waals surface area contributed by atoms with Crippen molar-refractivity contribution >= 4 is 11.7 Å². The van der Waals surface area contributed by atoms with Crippen LogP contribution in [0.4, 0.5) is 5.69 Å². The van der Waals surface area contributed by atoms with Crippen LogP contribution in [0.2, 0.25) is 0 Å². The van der Waals surface area contributed by atoms with E-state index in [2.05, 4.69) is 0 Å². The molecule has 0 saturated carbocycles. The number of hydrogen-bond donors (Lipinski definition) is 1.